The van der Waals surface area contributed by atoms with Gasteiger partial charge in [-0.2, -0.15) is 4.98 Å². The molecular weight excluding hydrogens is 314 g/mol. The average Bonchev–Trinajstić information content (AvgIpc) is 2.85. The van der Waals surface area contributed by atoms with Gasteiger partial charge in [0.2, 0.25) is 4.77 Å². The fourth-order valence-electron chi connectivity index (χ4n) is 2.47. The van der Waals surface area contributed by atoms with Crippen molar-refractivity contribution >= 4 is 23.8 Å². The summed E-state index contributed by atoms with van der Waals surface area (Å²) < 4.78 is 4.60. The summed E-state index contributed by atoms with van der Waals surface area (Å²) in [5.41, 5.74) is 1.91. The third kappa shape index (κ3) is 2.72. The van der Waals surface area contributed by atoms with Gasteiger partial charge in [-0.15, -0.1) is 0 Å². The number of aromatic nitrogens is 3. The molecule has 3 rings (SSSR count). The molecule has 1 aromatic heterocycles. The standard InChI is InChI=1S/C17H16ClN3S/c1-2-12-20-16(14-10-6-7-11-15(14)18)19-17(22)21(20)13-8-4-3-5-9-13/h3-11H,2,12H2,1H3. The van der Waals surface area contributed by atoms with Crippen molar-refractivity contribution < 1.29 is 0 Å². The highest BCUT2D eigenvalue weighted by molar-refractivity contribution is 7.71. The maximum atomic E-state index is 6.34. The van der Waals surface area contributed by atoms with Gasteiger partial charge in [0.1, 0.15) is 0 Å². The zero-order valence-electron chi connectivity index (χ0n) is 12.2. The first kappa shape index (κ1) is 15.0. The largest absolute Gasteiger partial charge is 0.261 e. The second-order valence-corrected chi connectivity index (χ2v) is 5.74. The van der Waals surface area contributed by atoms with Crippen LogP contribution in [-0.4, -0.2) is 14.3 Å². The lowest BCUT2D eigenvalue weighted by atomic mass is 10.2. The Kier molecular flexibility index (Phi) is 4.41. The van der Waals surface area contributed by atoms with E-state index in [2.05, 4.69) is 16.6 Å². The van der Waals surface area contributed by atoms with Gasteiger partial charge < -0.3 is 0 Å². The fourth-order valence-corrected chi connectivity index (χ4v) is 2.98. The molecule has 3 nitrogen and oxygen atoms in total. The average molecular weight is 330 g/mol. The van der Waals surface area contributed by atoms with E-state index in [0.717, 1.165) is 30.0 Å². The Morgan fingerprint density at radius 3 is 2.41 bits per heavy atom. The first-order valence-corrected chi connectivity index (χ1v) is 8.01. The summed E-state index contributed by atoms with van der Waals surface area (Å²) in [5, 5.41) is 0.681. The quantitative estimate of drug-likeness (QED) is 0.619. The molecule has 0 unspecified atom stereocenters. The normalized spacial score (nSPS) is 10.8. The Morgan fingerprint density at radius 1 is 1.05 bits per heavy atom. The summed E-state index contributed by atoms with van der Waals surface area (Å²) in [6, 6.07) is 17.8. The highest BCUT2D eigenvalue weighted by Gasteiger charge is 2.15. The van der Waals surface area contributed by atoms with E-state index in [4.69, 9.17) is 23.8 Å². The van der Waals surface area contributed by atoms with Crippen LogP contribution in [0.4, 0.5) is 0 Å². The Hall–Kier alpha value is -1.91. The van der Waals surface area contributed by atoms with Gasteiger partial charge in [-0.05, 0) is 42.9 Å². The minimum Gasteiger partial charge on any atom is -0.261 e. The maximum absolute atomic E-state index is 6.34. The van der Waals surface area contributed by atoms with Crippen LogP contribution in [0.3, 0.4) is 0 Å². The van der Waals surface area contributed by atoms with Crippen LogP contribution in [0.1, 0.15) is 13.3 Å². The van der Waals surface area contributed by atoms with Crippen LogP contribution in [0.5, 0.6) is 0 Å². The second-order valence-electron chi connectivity index (χ2n) is 4.97. The monoisotopic (exact) mass is 329 g/mol. The predicted molar refractivity (Wildman–Crippen MR) is 93.1 cm³/mol. The van der Waals surface area contributed by atoms with Crippen molar-refractivity contribution in [2.24, 2.45) is 0 Å². The molecule has 0 aliphatic heterocycles. The summed E-state index contributed by atoms with van der Waals surface area (Å²) in [6.07, 6.45) is 0.982. The van der Waals surface area contributed by atoms with Gasteiger partial charge in [0.05, 0.1) is 10.7 Å². The van der Waals surface area contributed by atoms with E-state index in [1.165, 1.54) is 0 Å². The molecule has 0 bridgehead atoms. The molecule has 0 saturated carbocycles. The molecule has 0 atom stereocenters. The Balaban J connectivity index is 2.26. The van der Waals surface area contributed by atoms with Gasteiger partial charge in [0, 0.05) is 12.1 Å². The first-order valence-electron chi connectivity index (χ1n) is 7.22. The van der Waals surface area contributed by atoms with Crippen LogP contribution in [0.15, 0.2) is 54.6 Å². The number of hydrogen-bond acceptors (Lipinski definition) is 2. The smallest absolute Gasteiger partial charge is 0.221 e. The van der Waals surface area contributed by atoms with Crippen molar-refractivity contribution in [3.05, 3.63) is 64.4 Å². The molecule has 2 aromatic carbocycles. The summed E-state index contributed by atoms with van der Waals surface area (Å²) in [6.45, 7) is 2.95. The molecule has 0 spiro atoms. The fraction of sp³-hybridized carbons (Fsp3) is 0.176. The molecule has 0 aliphatic carbocycles. The number of para-hydroxylation sites is 1. The SMILES string of the molecule is CCCn1c(-c2ccccc2Cl)nc(=S)n1-c1ccccc1. The highest BCUT2D eigenvalue weighted by atomic mass is 35.5. The van der Waals surface area contributed by atoms with Crippen molar-refractivity contribution in [3.63, 3.8) is 0 Å². The molecule has 5 heteroatoms. The summed E-state index contributed by atoms with van der Waals surface area (Å²) in [4.78, 5) is 4.59. The topological polar surface area (TPSA) is 22.8 Å². The van der Waals surface area contributed by atoms with E-state index in [0.29, 0.717) is 9.79 Å². The van der Waals surface area contributed by atoms with Gasteiger partial charge in [0.15, 0.2) is 5.82 Å². The molecule has 0 amide bonds. The van der Waals surface area contributed by atoms with Crippen LogP contribution in [-0.2, 0) is 6.54 Å². The maximum Gasteiger partial charge on any atom is 0.221 e. The number of rotatable bonds is 4. The van der Waals surface area contributed by atoms with Crippen molar-refractivity contribution in [1.82, 2.24) is 14.3 Å². The molecule has 1 heterocycles. The zero-order valence-corrected chi connectivity index (χ0v) is 13.8. The Labute approximate surface area is 139 Å². The van der Waals surface area contributed by atoms with Crippen molar-refractivity contribution in [2.45, 2.75) is 19.9 Å². The Bertz CT molecular complexity index is 837. The van der Waals surface area contributed by atoms with E-state index in [1.807, 2.05) is 59.3 Å². The van der Waals surface area contributed by atoms with Crippen LogP contribution >= 0.6 is 23.8 Å². The first-order chi connectivity index (χ1) is 10.7. The summed E-state index contributed by atoms with van der Waals surface area (Å²) >= 11 is 11.8. The molecule has 0 N–H and O–H groups in total. The minimum absolute atomic E-state index is 0.537. The zero-order chi connectivity index (χ0) is 15.5. The van der Waals surface area contributed by atoms with Crippen LogP contribution in [0.25, 0.3) is 17.1 Å². The lowest BCUT2D eigenvalue weighted by Crippen LogP contribution is -2.12. The van der Waals surface area contributed by atoms with Gasteiger partial charge in [0.25, 0.3) is 0 Å². The lowest BCUT2D eigenvalue weighted by Gasteiger charge is -2.14. The minimum atomic E-state index is 0.537. The van der Waals surface area contributed by atoms with E-state index in [-0.39, 0.29) is 0 Å². The molecule has 0 saturated heterocycles. The van der Waals surface area contributed by atoms with Crippen molar-refractivity contribution in [3.8, 4) is 17.1 Å². The Morgan fingerprint density at radius 2 is 1.73 bits per heavy atom. The summed E-state index contributed by atoms with van der Waals surface area (Å²) in [5.74, 6) is 0.807. The molecule has 3 aromatic rings. The number of hydrogen-bond donors (Lipinski definition) is 0. The van der Waals surface area contributed by atoms with E-state index >= 15 is 0 Å². The van der Waals surface area contributed by atoms with Gasteiger partial charge in [-0.3, -0.25) is 4.68 Å². The molecule has 0 radical (unpaired) electrons. The highest BCUT2D eigenvalue weighted by Crippen LogP contribution is 2.27. The van der Waals surface area contributed by atoms with E-state index < -0.39 is 0 Å². The van der Waals surface area contributed by atoms with Gasteiger partial charge in [-0.1, -0.05) is 48.9 Å². The second kappa shape index (κ2) is 6.46. The van der Waals surface area contributed by atoms with Crippen LogP contribution in [0, 0.1) is 4.77 Å². The third-order valence-corrected chi connectivity index (χ3v) is 4.01. The lowest BCUT2D eigenvalue weighted by molar-refractivity contribution is 0.546. The summed E-state index contributed by atoms with van der Waals surface area (Å²) in [7, 11) is 0. The van der Waals surface area contributed by atoms with E-state index in [9.17, 15) is 0 Å². The molecule has 22 heavy (non-hydrogen) atoms. The predicted octanol–water partition coefficient (Wildman–Crippen LogP) is 5.13. The number of halogens is 1. The van der Waals surface area contributed by atoms with E-state index in [1.54, 1.807) is 0 Å². The molecule has 0 aliphatic rings. The van der Waals surface area contributed by atoms with Gasteiger partial charge in [-0.25, -0.2) is 4.68 Å². The van der Waals surface area contributed by atoms with Crippen molar-refractivity contribution in [1.29, 1.82) is 0 Å². The number of nitrogens with zero attached hydrogens (tertiary/aromatic N) is 3. The van der Waals surface area contributed by atoms with Gasteiger partial charge >= 0.3 is 0 Å². The molecule has 112 valence electrons. The number of benzene rings is 2. The molecular formula is C17H16ClN3S. The third-order valence-electron chi connectivity index (χ3n) is 3.42. The van der Waals surface area contributed by atoms with Crippen LogP contribution < -0.4 is 0 Å². The van der Waals surface area contributed by atoms with Crippen molar-refractivity contribution in [2.75, 3.05) is 0 Å². The molecule has 0 fully saturated rings. The van der Waals surface area contributed by atoms with Crippen LogP contribution in [0.2, 0.25) is 5.02 Å².